The number of rotatable bonds is 3. The van der Waals surface area contributed by atoms with Crippen molar-refractivity contribution in [2.24, 2.45) is 16.1 Å². The summed E-state index contributed by atoms with van der Waals surface area (Å²) in [5, 5.41) is 9.08. The van der Waals surface area contributed by atoms with Crippen LogP contribution in [-0.2, 0) is 16.8 Å². The first kappa shape index (κ1) is 19.6. The summed E-state index contributed by atoms with van der Waals surface area (Å²) >= 11 is 0. The number of benzene rings is 2. The van der Waals surface area contributed by atoms with Crippen LogP contribution in [-0.4, -0.2) is 23.8 Å². The van der Waals surface area contributed by atoms with E-state index < -0.39 is 16.8 Å². The van der Waals surface area contributed by atoms with Gasteiger partial charge in [-0.3, -0.25) is 9.69 Å². The highest BCUT2D eigenvalue weighted by Crippen LogP contribution is 2.47. The van der Waals surface area contributed by atoms with Gasteiger partial charge in [-0.25, -0.2) is 9.38 Å². The molecule has 0 aromatic heterocycles. The van der Waals surface area contributed by atoms with Crippen molar-refractivity contribution in [3.8, 4) is 6.07 Å². The lowest BCUT2D eigenvalue weighted by molar-refractivity contribution is -0.140. The summed E-state index contributed by atoms with van der Waals surface area (Å²) in [6, 6.07) is 14.3. The van der Waals surface area contributed by atoms with Gasteiger partial charge < -0.3 is 5.73 Å². The van der Waals surface area contributed by atoms with Gasteiger partial charge in [0.2, 0.25) is 5.91 Å². The zero-order chi connectivity index (χ0) is 20.7. The third kappa shape index (κ3) is 3.03. The first-order chi connectivity index (χ1) is 13.1. The second kappa shape index (κ2) is 6.75. The van der Waals surface area contributed by atoms with Crippen molar-refractivity contribution in [2.75, 3.05) is 7.05 Å². The van der Waals surface area contributed by atoms with E-state index in [1.54, 1.807) is 46.0 Å². The molecular formula is C22H23FN4O. The monoisotopic (exact) mass is 378 g/mol. The zero-order valence-electron chi connectivity index (χ0n) is 16.5. The fourth-order valence-electron chi connectivity index (χ4n) is 3.61. The molecule has 1 heterocycles. The molecule has 3 rings (SSSR count). The number of hydrogen-bond donors (Lipinski definition) is 1. The maximum atomic E-state index is 14.9. The molecule has 1 amide bonds. The maximum absolute atomic E-state index is 14.9. The molecule has 28 heavy (non-hydrogen) atoms. The van der Waals surface area contributed by atoms with Gasteiger partial charge in [-0.1, -0.05) is 24.3 Å². The van der Waals surface area contributed by atoms with E-state index in [-0.39, 0.29) is 11.9 Å². The molecule has 144 valence electrons. The normalized spacial score (nSPS) is 21.2. The summed E-state index contributed by atoms with van der Waals surface area (Å²) in [6.45, 7) is 5.25. The minimum absolute atomic E-state index is 0.0679. The number of hydrogen-bond acceptors (Lipinski definition) is 4. The molecule has 0 radical (unpaired) electrons. The molecule has 0 spiro atoms. The number of guanidine groups is 1. The van der Waals surface area contributed by atoms with Crippen LogP contribution >= 0.6 is 0 Å². The highest BCUT2D eigenvalue weighted by molar-refractivity contribution is 6.01. The van der Waals surface area contributed by atoms with Crippen LogP contribution in [0.5, 0.6) is 0 Å². The summed E-state index contributed by atoms with van der Waals surface area (Å²) in [5.41, 5.74) is 6.54. The molecule has 0 unspecified atom stereocenters. The summed E-state index contributed by atoms with van der Waals surface area (Å²) in [4.78, 5) is 18.6. The van der Waals surface area contributed by atoms with Crippen molar-refractivity contribution in [1.82, 2.24) is 4.90 Å². The minimum atomic E-state index is -1.14. The molecule has 0 bridgehead atoms. The van der Waals surface area contributed by atoms with Crippen LogP contribution in [0.1, 0.15) is 43.0 Å². The van der Waals surface area contributed by atoms with Gasteiger partial charge in [0.1, 0.15) is 11.4 Å². The average molecular weight is 378 g/mol. The number of nitrogens with two attached hydrogens (primary N) is 1. The van der Waals surface area contributed by atoms with E-state index in [1.165, 1.54) is 11.0 Å². The summed E-state index contributed by atoms with van der Waals surface area (Å²) in [5.74, 6) is -0.577. The van der Waals surface area contributed by atoms with Gasteiger partial charge in [0, 0.05) is 12.6 Å². The lowest BCUT2D eigenvalue weighted by atomic mass is 9.67. The second-order valence-electron chi connectivity index (χ2n) is 7.83. The van der Waals surface area contributed by atoms with Crippen LogP contribution in [0.25, 0.3) is 0 Å². The number of aliphatic imine (C=N–C) groups is 1. The summed E-state index contributed by atoms with van der Waals surface area (Å²) < 4.78 is 14.9. The molecule has 1 atom stereocenters. The van der Waals surface area contributed by atoms with E-state index in [2.05, 4.69) is 11.1 Å². The fraction of sp³-hybridized carbons (Fsp3) is 0.318. The standard InChI is InChI=1S/C22H23FN4O/c1-21(2)19(28)27(4)20(25)26-22(21,3)17-12-15(8-9-18(17)23)10-14-6-5-7-16(11-14)13-24/h5-9,11-12H,10H2,1-4H3,(H2,25,26)/t22-/m1/s1. The first-order valence-corrected chi connectivity index (χ1v) is 9.01. The van der Waals surface area contributed by atoms with Crippen molar-refractivity contribution in [3.63, 3.8) is 0 Å². The van der Waals surface area contributed by atoms with Gasteiger partial charge >= 0.3 is 0 Å². The van der Waals surface area contributed by atoms with Crippen LogP contribution in [0.2, 0.25) is 0 Å². The van der Waals surface area contributed by atoms with Gasteiger partial charge in [0.15, 0.2) is 5.96 Å². The van der Waals surface area contributed by atoms with E-state index in [1.807, 2.05) is 18.2 Å². The molecule has 2 N–H and O–H groups in total. The molecule has 0 aliphatic carbocycles. The Labute approximate surface area is 164 Å². The number of halogens is 1. The van der Waals surface area contributed by atoms with E-state index in [4.69, 9.17) is 11.0 Å². The SMILES string of the molecule is CN1C(=O)C(C)(C)[C@@](C)(c2cc(Cc3cccc(C#N)c3)ccc2F)N=C1N. The van der Waals surface area contributed by atoms with E-state index >= 15 is 0 Å². The number of carbonyl (C=O) groups is 1. The quantitative estimate of drug-likeness (QED) is 0.889. The van der Waals surface area contributed by atoms with Crippen LogP contribution in [0.3, 0.4) is 0 Å². The van der Waals surface area contributed by atoms with Crippen molar-refractivity contribution < 1.29 is 9.18 Å². The molecule has 0 saturated carbocycles. The molecular weight excluding hydrogens is 355 g/mol. The lowest BCUT2D eigenvalue weighted by Crippen LogP contribution is -2.58. The van der Waals surface area contributed by atoms with E-state index in [0.29, 0.717) is 17.5 Å². The van der Waals surface area contributed by atoms with Crippen LogP contribution in [0.4, 0.5) is 4.39 Å². The van der Waals surface area contributed by atoms with E-state index in [0.717, 1.165) is 11.1 Å². The molecule has 5 nitrogen and oxygen atoms in total. The largest absolute Gasteiger partial charge is 0.369 e. The third-order valence-corrected chi connectivity index (χ3v) is 5.76. The summed E-state index contributed by atoms with van der Waals surface area (Å²) in [6.07, 6.45) is 0.534. The van der Waals surface area contributed by atoms with E-state index in [9.17, 15) is 9.18 Å². The van der Waals surface area contributed by atoms with Crippen LogP contribution in [0, 0.1) is 22.6 Å². The highest BCUT2D eigenvalue weighted by atomic mass is 19.1. The van der Waals surface area contributed by atoms with Gasteiger partial charge in [-0.2, -0.15) is 5.26 Å². The number of carbonyl (C=O) groups excluding carboxylic acids is 1. The van der Waals surface area contributed by atoms with Crippen molar-refractivity contribution >= 4 is 11.9 Å². The Balaban J connectivity index is 2.08. The fourth-order valence-corrected chi connectivity index (χ4v) is 3.61. The first-order valence-electron chi connectivity index (χ1n) is 9.01. The predicted molar refractivity (Wildman–Crippen MR) is 106 cm³/mol. The lowest BCUT2D eigenvalue weighted by Gasteiger charge is -2.46. The molecule has 1 aliphatic heterocycles. The Morgan fingerprint density at radius 1 is 1.18 bits per heavy atom. The number of nitriles is 1. The van der Waals surface area contributed by atoms with Crippen molar-refractivity contribution in [3.05, 3.63) is 70.5 Å². The Hall–Kier alpha value is -3.20. The van der Waals surface area contributed by atoms with Gasteiger partial charge in [0.25, 0.3) is 0 Å². The third-order valence-electron chi connectivity index (χ3n) is 5.76. The van der Waals surface area contributed by atoms with Gasteiger partial charge in [-0.05, 0) is 56.5 Å². The Kier molecular flexibility index (Phi) is 4.72. The molecule has 2 aromatic carbocycles. The minimum Gasteiger partial charge on any atom is -0.369 e. The average Bonchev–Trinajstić information content (AvgIpc) is 2.67. The molecule has 0 fully saturated rings. The number of amides is 1. The van der Waals surface area contributed by atoms with Crippen LogP contribution in [0.15, 0.2) is 47.5 Å². The Morgan fingerprint density at radius 3 is 2.54 bits per heavy atom. The predicted octanol–water partition coefficient (Wildman–Crippen LogP) is 3.32. The molecule has 0 saturated heterocycles. The van der Waals surface area contributed by atoms with Crippen molar-refractivity contribution in [1.29, 1.82) is 5.26 Å². The van der Waals surface area contributed by atoms with Gasteiger partial charge in [-0.15, -0.1) is 0 Å². The topological polar surface area (TPSA) is 82.5 Å². The molecule has 2 aromatic rings. The second-order valence-corrected chi connectivity index (χ2v) is 7.83. The van der Waals surface area contributed by atoms with Crippen molar-refractivity contribution in [2.45, 2.75) is 32.7 Å². The molecule has 6 heteroatoms. The molecule has 1 aliphatic rings. The summed E-state index contributed by atoms with van der Waals surface area (Å²) in [7, 11) is 1.57. The Morgan fingerprint density at radius 2 is 1.86 bits per heavy atom. The Bertz CT molecular complexity index is 1020. The maximum Gasteiger partial charge on any atom is 0.237 e. The van der Waals surface area contributed by atoms with Gasteiger partial charge in [0.05, 0.1) is 17.0 Å². The van der Waals surface area contributed by atoms with Crippen LogP contribution < -0.4 is 5.73 Å². The smallest absolute Gasteiger partial charge is 0.237 e. The highest BCUT2D eigenvalue weighted by Gasteiger charge is 2.53. The zero-order valence-corrected chi connectivity index (χ0v) is 16.5. The number of nitrogens with zero attached hydrogens (tertiary/aromatic N) is 3.